The van der Waals surface area contributed by atoms with Crippen LogP contribution in [0.25, 0.3) is 0 Å². The molecule has 1 saturated carbocycles. The first-order valence-electron chi connectivity index (χ1n) is 6.78. The second-order valence-corrected chi connectivity index (χ2v) is 6.58. The summed E-state index contributed by atoms with van der Waals surface area (Å²) in [5.74, 6) is 1.38. The molecule has 0 bridgehead atoms. The van der Waals surface area contributed by atoms with Crippen LogP contribution < -0.4 is 0 Å². The van der Waals surface area contributed by atoms with Gasteiger partial charge < -0.3 is 4.74 Å². The minimum absolute atomic E-state index is 0.654. The van der Waals surface area contributed by atoms with E-state index in [4.69, 9.17) is 4.74 Å². The monoisotopic (exact) mass is 240 g/mol. The first-order chi connectivity index (χ1) is 7.85. The Bertz CT molecular complexity index is 235. The van der Waals surface area contributed by atoms with Crippen LogP contribution in [-0.4, -0.2) is 17.1 Å². The summed E-state index contributed by atoms with van der Waals surface area (Å²) in [5.41, 5.74) is 1.54. The number of allylic oxidation sites excluding steroid dienone is 1. The molecule has 1 heterocycles. The smallest absolute Gasteiger partial charge is 0.0873 e. The lowest BCUT2D eigenvalue weighted by Crippen LogP contribution is -2.08. The molecule has 0 N–H and O–H groups in total. The third kappa shape index (κ3) is 3.73. The van der Waals surface area contributed by atoms with Crippen molar-refractivity contribution in [3.05, 3.63) is 11.8 Å². The van der Waals surface area contributed by atoms with Gasteiger partial charge in [-0.05, 0) is 50.5 Å². The highest BCUT2D eigenvalue weighted by atomic mass is 32.2. The Hall–Kier alpha value is -0.110. The Morgan fingerprint density at radius 1 is 1.31 bits per heavy atom. The quantitative estimate of drug-likeness (QED) is 0.383. The van der Waals surface area contributed by atoms with E-state index >= 15 is 0 Å². The highest BCUT2D eigenvalue weighted by Gasteiger charge is 2.40. The van der Waals surface area contributed by atoms with Crippen LogP contribution in [0.1, 0.15) is 58.3 Å². The number of rotatable bonds is 6. The summed E-state index contributed by atoms with van der Waals surface area (Å²) in [5, 5.41) is 0. The van der Waals surface area contributed by atoms with E-state index in [0.717, 1.165) is 6.61 Å². The second-order valence-electron chi connectivity index (χ2n) is 5.14. The van der Waals surface area contributed by atoms with Crippen molar-refractivity contribution in [3.8, 4) is 0 Å². The molecule has 0 radical (unpaired) electrons. The topological polar surface area (TPSA) is 9.23 Å². The van der Waals surface area contributed by atoms with Gasteiger partial charge >= 0.3 is 0 Å². The van der Waals surface area contributed by atoms with Gasteiger partial charge in [0, 0.05) is 10.5 Å². The van der Waals surface area contributed by atoms with Crippen LogP contribution in [0.5, 0.6) is 0 Å². The first kappa shape index (κ1) is 12.3. The van der Waals surface area contributed by atoms with Gasteiger partial charge in [0.1, 0.15) is 0 Å². The van der Waals surface area contributed by atoms with Crippen molar-refractivity contribution < 1.29 is 4.74 Å². The lowest BCUT2D eigenvalue weighted by Gasteiger charge is -2.14. The summed E-state index contributed by atoms with van der Waals surface area (Å²) in [4.78, 5) is 0. The van der Waals surface area contributed by atoms with Crippen molar-refractivity contribution in [2.75, 3.05) is 12.4 Å². The molecule has 0 aromatic rings. The molecule has 1 nitrogen and oxygen atoms in total. The largest absolute Gasteiger partial charge is 0.501 e. The molecule has 0 amide bonds. The lowest BCUT2D eigenvalue weighted by molar-refractivity contribution is 0.233. The van der Waals surface area contributed by atoms with Crippen LogP contribution in [-0.2, 0) is 4.74 Å². The average molecular weight is 240 g/mol. The van der Waals surface area contributed by atoms with E-state index in [-0.39, 0.29) is 0 Å². The van der Waals surface area contributed by atoms with E-state index in [1.807, 2.05) is 0 Å². The molecule has 0 aromatic carbocycles. The lowest BCUT2D eigenvalue weighted by atomic mass is 9.96. The van der Waals surface area contributed by atoms with E-state index < -0.39 is 0 Å². The molecular weight excluding hydrogens is 216 g/mol. The van der Waals surface area contributed by atoms with Crippen molar-refractivity contribution in [2.45, 2.75) is 63.0 Å². The number of hydrogen-bond acceptors (Lipinski definition) is 2. The normalized spacial score (nSPS) is 28.9. The molecular formula is C14H24OS. The predicted molar refractivity (Wildman–Crippen MR) is 71.8 cm³/mol. The van der Waals surface area contributed by atoms with E-state index in [2.05, 4.69) is 24.9 Å². The van der Waals surface area contributed by atoms with Gasteiger partial charge in [-0.1, -0.05) is 13.3 Å². The number of ether oxygens (including phenoxy) is 1. The number of thioether (sulfide) groups is 1. The molecule has 2 heteroatoms. The molecule has 2 fully saturated rings. The van der Waals surface area contributed by atoms with Crippen LogP contribution in [0, 0.1) is 0 Å². The highest BCUT2D eigenvalue weighted by Crippen LogP contribution is 2.50. The van der Waals surface area contributed by atoms with Gasteiger partial charge in [-0.25, -0.2) is 0 Å². The van der Waals surface area contributed by atoms with Gasteiger partial charge in [-0.2, -0.15) is 11.8 Å². The molecule has 16 heavy (non-hydrogen) atoms. The Labute approximate surface area is 104 Å². The maximum atomic E-state index is 5.67. The van der Waals surface area contributed by atoms with E-state index in [1.165, 1.54) is 62.7 Å². The molecule has 1 unspecified atom stereocenters. The van der Waals surface area contributed by atoms with E-state index in [0.29, 0.717) is 4.75 Å². The summed E-state index contributed by atoms with van der Waals surface area (Å²) < 4.78 is 6.32. The second kappa shape index (κ2) is 6.00. The fraction of sp³-hybridized carbons (Fsp3) is 0.857. The Morgan fingerprint density at radius 2 is 2.06 bits per heavy atom. The maximum absolute atomic E-state index is 5.67. The molecule has 1 atom stereocenters. The van der Waals surface area contributed by atoms with E-state index in [1.54, 1.807) is 0 Å². The van der Waals surface area contributed by atoms with Crippen molar-refractivity contribution in [3.63, 3.8) is 0 Å². The fourth-order valence-electron chi connectivity index (χ4n) is 2.41. The average Bonchev–Trinajstić information content (AvgIpc) is 3.11. The number of hydrogen-bond donors (Lipinski definition) is 0. The molecule has 0 spiro atoms. The van der Waals surface area contributed by atoms with Gasteiger partial charge in [0.15, 0.2) is 0 Å². The molecule has 2 aliphatic rings. The Kier molecular flexibility index (Phi) is 4.63. The SMILES string of the molecule is CCC1(CCCOC=C2CCCCC2)CS1. The van der Waals surface area contributed by atoms with Gasteiger partial charge in [-0.15, -0.1) is 0 Å². The third-order valence-electron chi connectivity index (χ3n) is 3.84. The highest BCUT2D eigenvalue weighted by molar-refractivity contribution is 8.07. The third-order valence-corrected chi connectivity index (χ3v) is 5.44. The first-order valence-corrected chi connectivity index (χ1v) is 7.77. The molecule has 92 valence electrons. The summed E-state index contributed by atoms with van der Waals surface area (Å²) >= 11 is 2.13. The van der Waals surface area contributed by atoms with Crippen molar-refractivity contribution in [1.29, 1.82) is 0 Å². The van der Waals surface area contributed by atoms with Gasteiger partial charge in [-0.3, -0.25) is 0 Å². The fourth-order valence-corrected chi connectivity index (χ4v) is 3.45. The standard InChI is InChI=1S/C14H24OS/c1-2-14(12-16-14)9-6-10-15-11-13-7-4-3-5-8-13/h11H,2-10,12H2,1H3. The Balaban J connectivity index is 1.54. The van der Waals surface area contributed by atoms with Gasteiger partial charge in [0.05, 0.1) is 12.9 Å². The van der Waals surface area contributed by atoms with Crippen molar-refractivity contribution in [2.24, 2.45) is 0 Å². The van der Waals surface area contributed by atoms with Crippen LogP contribution in [0.3, 0.4) is 0 Å². The summed E-state index contributed by atoms with van der Waals surface area (Å²) in [6.45, 7) is 3.23. The molecule has 1 aliphatic carbocycles. The minimum Gasteiger partial charge on any atom is -0.501 e. The summed E-state index contributed by atoms with van der Waals surface area (Å²) in [6.07, 6.45) is 12.6. The molecule has 2 rings (SSSR count). The molecule has 1 aliphatic heterocycles. The molecule has 1 saturated heterocycles. The minimum atomic E-state index is 0.654. The van der Waals surface area contributed by atoms with Crippen LogP contribution in [0.2, 0.25) is 0 Å². The van der Waals surface area contributed by atoms with Crippen molar-refractivity contribution >= 4 is 11.8 Å². The summed E-state index contributed by atoms with van der Waals surface area (Å²) in [7, 11) is 0. The van der Waals surface area contributed by atoms with Gasteiger partial charge in [0.2, 0.25) is 0 Å². The zero-order valence-corrected chi connectivity index (χ0v) is 11.3. The zero-order valence-electron chi connectivity index (χ0n) is 10.5. The van der Waals surface area contributed by atoms with Crippen molar-refractivity contribution in [1.82, 2.24) is 0 Å². The van der Waals surface area contributed by atoms with Gasteiger partial charge in [0.25, 0.3) is 0 Å². The van der Waals surface area contributed by atoms with E-state index in [9.17, 15) is 0 Å². The molecule has 0 aromatic heterocycles. The predicted octanol–water partition coefficient (Wildman–Crippen LogP) is 4.53. The summed E-state index contributed by atoms with van der Waals surface area (Å²) in [6, 6.07) is 0. The Morgan fingerprint density at radius 3 is 2.69 bits per heavy atom. The van der Waals surface area contributed by atoms with Crippen LogP contribution >= 0.6 is 11.8 Å². The van der Waals surface area contributed by atoms with Crippen LogP contribution in [0.15, 0.2) is 11.8 Å². The zero-order chi connectivity index (χ0) is 11.3. The van der Waals surface area contributed by atoms with Crippen LogP contribution in [0.4, 0.5) is 0 Å². The maximum Gasteiger partial charge on any atom is 0.0873 e.